The number of hydrogen-bond acceptors (Lipinski definition) is 7. The van der Waals surface area contributed by atoms with Crippen LogP contribution in [0.5, 0.6) is 0 Å². The zero-order chi connectivity index (χ0) is 22.2. The normalized spacial score (nSPS) is 18.1. The molecule has 3 heterocycles. The molecular formula is C21H20FN5O4P+. The van der Waals surface area contributed by atoms with Crippen LogP contribution in [0.2, 0.25) is 0 Å². The highest BCUT2D eigenvalue weighted by molar-refractivity contribution is 7.38. The molecule has 11 heteroatoms. The van der Waals surface area contributed by atoms with Gasteiger partial charge < -0.3 is 9.64 Å². The van der Waals surface area contributed by atoms with E-state index in [1.165, 1.54) is 17.6 Å². The summed E-state index contributed by atoms with van der Waals surface area (Å²) in [6.07, 6.45) is 0.545. The number of H-pyrrole nitrogens is 1. The van der Waals surface area contributed by atoms with Crippen LogP contribution < -0.4 is 9.80 Å². The minimum Gasteiger partial charge on any atom is -0.441 e. The number of aromatic nitrogens is 3. The maximum absolute atomic E-state index is 15.0. The lowest BCUT2D eigenvalue weighted by Crippen LogP contribution is -2.25. The standard InChI is InChI=1S/C21H20FN5O4P/c1-32(29)30-12-17-11-27(21(28)31-17)16-4-5-18(19(22)7-16)13-2-3-14-9-26(10-15(14)6-13)20-8-23-25-24-20/h2-8,17H,9-12H2,1H3,(H,23,24,25)/q+1/t17-/m1/s1. The number of carbonyl (C=O) groups is 1. The molecule has 1 N–H and O–H groups in total. The lowest BCUT2D eigenvalue weighted by atomic mass is 10.00. The van der Waals surface area contributed by atoms with Crippen molar-refractivity contribution in [1.82, 2.24) is 15.4 Å². The van der Waals surface area contributed by atoms with E-state index in [0.29, 0.717) is 17.8 Å². The van der Waals surface area contributed by atoms with Gasteiger partial charge in [-0.3, -0.25) is 4.90 Å². The van der Waals surface area contributed by atoms with Crippen LogP contribution in [0, 0.1) is 5.82 Å². The van der Waals surface area contributed by atoms with Gasteiger partial charge in [-0.25, -0.2) is 9.18 Å². The van der Waals surface area contributed by atoms with Gasteiger partial charge in [0.15, 0.2) is 12.5 Å². The van der Waals surface area contributed by atoms with Crippen LogP contribution in [0.1, 0.15) is 11.1 Å². The molecule has 1 unspecified atom stereocenters. The Morgan fingerprint density at radius 2 is 2.09 bits per heavy atom. The molecule has 0 spiro atoms. The average Bonchev–Trinajstić information content (AvgIpc) is 3.51. The van der Waals surface area contributed by atoms with E-state index < -0.39 is 26.0 Å². The number of anilines is 2. The van der Waals surface area contributed by atoms with Crippen molar-refractivity contribution >= 4 is 25.6 Å². The minimum absolute atomic E-state index is 0.0367. The summed E-state index contributed by atoms with van der Waals surface area (Å²) in [5, 5.41) is 10.6. The zero-order valence-electron chi connectivity index (χ0n) is 17.2. The number of cyclic esters (lactones) is 1. The number of nitrogens with zero attached hydrogens (tertiary/aromatic N) is 4. The molecular weight excluding hydrogens is 436 g/mol. The number of carbonyl (C=O) groups excluding carboxylic acids is 1. The fraction of sp³-hybridized carbons (Fsp3) is 0.286. The lowest BCUT2D eigenvalue weighted by Gasteiger charge is -2.14. The molecule has 0 bridgehead atoms. The Morgan fingerprint density at radius 3 is 2.84 bits per heavy atom. The van der Waals surface area contributed by atoms with Crippen LogP contribution in [0.15, 0.2) is 42.6 Å². The zero-order valence-corrected chi connectivity index (χ0v) is 18.1. The number of nitrogens with one attached hydrogen (secondary N) is 1. The van der Waals surface area contributed by atoms with Gasteiger partial charge in [0.05, 0.1) is 18.4 Å². The first-order chi connectivity index (χ1) is 15.5. The molecule has 32 heavy (non-hydrogen) atoms. The van der Waals surface area contributed by atoms with Crippen LogP contribution in [-0.2, 0) is 26.9 Å². The second-order valence-corrected chi connectivity index (χ2v) is 8.82. The van der Waals surface area contributed by atoms with E-state index in [-0.39, 0.29) is 13.2 Å². The van der Waals surface area contributed by atoms with E-state index in [4.69, 9.17) is 9.26 Å². The Hall–Kier alpha value is -3.36. The van der Waals surface area contributed by atoms with Gasteiger partial charge in [-0.15, -0.1) is 9.62 Å². The van der Waals surface area contributed by atoms with Crippen molar-refractivity contribution in [2.45, 2.75) is 19.2 Å². The molecule has 1 saturated heterocycles. The number of halogens is 1. The van der Waals surface area contributed by atoms with Gasteiger partial charge in [0.2, 0.25) is 0 Å². The summed E-state index contributed by atoms with van der Waals surface area (Å²) in [5.41, 5.74) is 3.88. The van der Waals surface area contributed by atoms with Crippen LogP contribution in [0.25, 0.3) is 11.1 Å². The Morgan fingerprint density at radius 1 is 1.25 bits per heavy atom. The third kappa shape index (κ3) is 3.94. The van der Waals surface area contributed by atoms with Crippen LogP contribution in [0.3, 0.4) is 0 Å². The highest BCUT2D eigenvalue weighted by atomic mass is 31.1. The monoisotopic (exact) mass is 456 g/mol. The van der Waals surface area contributed by atoms with Gasteiger partial charge >= 0.3 is 14.1 Å². The Bertz CT molecular complexity index is 1190. The number of benzene rings is 2. The highest BCUT2D eigenvalue weighted by Crippen LogP contribution is 2.33. The second-order valence-electron chi connectivity index (χ2n) is 7.68. The van der Waals surface area contributed by atoms with Crippen molar-refractivity contribution in [2.24, 2.45) is 0 Å². The summed E-state index contributed by atoms with van der Waals surface area (Å²) in [7, 11) is -1.78. The predicted octanol–water partition coefficient (Wildman–Crippen LogP) is 3.85. The summed E-state index contributed by atoms with van der Waals surface area (Å²) in [5.74, 6) is 0.336. The molecule has 2 aliphatic heterocycles. The summed E-state index contributed by atoms with van der Waals surface area (Å²) in [4.78, 5) is 15.6. The van der Waals surface area contributed by atoms with Gasteiger partial charge in [-0.2, -0.15) is 10.3 Å². The molecule has 0 aliphatic carbocycles. The predicted molar refractivity (Wildman–Crippen MR) is 115 cm³/mol. The van der Waals surface area contributed by atoms with Crippen LogP contribution >= 0.6 is 8.03 Å². The molecule has 164 valence electrons. The van der Waals surface area contributed by atoms with Gasteiger partial charge in [-0.1, -0.05) is 12.1 Å². The highest BCUT2D eigenvalue weighted by Gasteiger charge is 2.34. The molecule has 2 aromatic carbocycles. The van der Waals surface area contributed by atoms with Gasteiger partial charge in [0.25, 0.3) is 0 Å². The van der Waals surface area contributed by atoms with Crippen molar-refractivity contribution in [3.05, 3.63) is 59.5 Å². The van der Waals surface area contributed by atoms with Gasteiger partial charge in [0.1, 0.15) is 18.5 Å². The topological polar surface area (TPSA) is 101 Å². The first-order valence-corrected chi connectivity index (χ1v) is 11.6. The van der Waals surface area contributed by atoms with Crippen LogP contribution in [-0.4, -0.2) is 47.4 Å². The molecule has 5 rings (SSSR count). The number of hydrogen-bond donors (Lipinski definition) is 1. The van der Waals surface area contributed by atoms with E-state index in [9.17, 15) is 9.36 Å². The second kappa shape index (κ2) is 8.29. The minimum atomic E-state index is -1.78. The third-order valence-electron chi connectivity index (χ3n) is 5.55. The maximum atomic E-state index is 15.0. The van der Waals surface area contributed by atoms with Gasteiger partial charge in [-0.05, 0) is 45.5 Å². The molecule has 0 saturated carbocycles. The average molecular weight is 456 g/mol. The summed E-state index contributed by atoms with van der Waals surface area (Å²) >= 11 is 0. The SMILES string of the molecule is C[P+](=O)OC[C@H]1CN(c2ccc(-c3ccc4c(c3)CN(c3cn[nH]n3)C4)c(F)c2)C(=O)O1. The fourth-order valence-electron chi connectivity index (χ4n) is 3.99. The summed E-state index contributed by atoms with van der Waals surface area (Å²) < 4.78 is 36.4. The van der Waals surface area contributed by atoms with Crippen LogP contribution in [0.4, 0.5) is 20.7 Å². The number of fused-ring (bicyclic) bond motifs is 1. The fourth-order valence-corrected chi connectivity index (χ4v) is 4.36. The van der Waals surface area contributed by atoms with Crippen molar-refractivity contribution in [3.8, 4) is 11.1 Å². The summed E-state index contributed by atoms with van der Waals surface area (Å²) in [6.45, 7) is 3.06. The number of amides is 1. The van der Waals surface area contributed by atoms with Gasteiger partial charge in [0, 0.05) is 18.7 Å². The smallest absolute Gasteiger partial charge is 0.441 e. The summed E-state index contributed by atoms with van der Waals surface area (Å²) in [6, 6.07) is 10.6. The van der Waals surface area contributed by atoms with Crippen molar-refractivity contribution in [2.75, 3.05) is 29.6 Å². The molecule has 1 amide bonds. The third-order valence-corrected chi connectivity index (χ3v) is 6.06. The largest absolute Gasteiger partial charge is 0.504 e. The molecule has 2 aliphatic rings. The molecule has 1 fully saturated rings. The van der Waals surface area contributed by atoms with Crippen molar-refractivity contribution < 1.29 is 23.0 Å². The maximum Gasteiger partial charge on any atom is 0.504 e. The Kier molecular flexibility index (Phi) is 5.32. The van der Waals surface area contributed by atoms with E-state index in [1.54, 1.807) is 18.3 Å². The van der Waals surface area contributed by atoms with Crippen molar-refractivity contribution in [1.29, 1.82) is 0 Å². The molecule has 9 nitrogen and oxygen atoms in total. The Labute approximate surface area is 184 Å². The number of aromatic amines is 1. The van der Waals surface area contributed by atoms with Crippen molar-refractivity contribution in [3.63, 3.8) is 0 Å². The lowest BCUT2D eigenvalue weighted by molar-refractivity contribution is 0.108. The molecule has 1 aromatic heterocycles. The van der Waals surface area contributed by atoms with E-state index >= 15 is 4.39 Å². The molecule has 3 aromatic rings. The molecule has 2 atom stereocenters. The Balaban J connectivity index is 1.33. The number of ether oxygens (including phenoxy) is 1. The quantitative estimate of drug-likeness (QED) is 0.563. The first-order valence-electron chi connectivity index (χ1n) is 10.0. The first kappa shape index (κ1) is 20.5. The molecule has 0 radical (unpaired) electrons. The van der Waals surface area contributed by atoms with E-state index in [1.807, 2.05) is 18.2 Å². The van der Waals surface area contributed by atoms with E-state index in [2.05, 4.69) is 20.3 Å². The van der Waals surface area contributed by atoms with E-state index in [0.717, 1.165) is 29.1 Å². The number of rotatable bonds is 6.